The van der Waals surface area contributed by atoms with Crippen molar-refractivity contribution < 1.29 is 13.2 Å². The van der Waals surface area contributed by atoms with E-state index >= 15 is 0 Å². The molecule has 0 saturated carbocycles. The van der Waals surface area contributed by atoms with Gasteiger partial charge in [0.15, 0.2) is 9.84 Å². The van der Waals surface area contributed by atoms with Crippen molar-refractivity contribution in [2.24, 2.45) is 4.99 Å². The number of amides is 1. The summed E-state index contributed by atoms with van der Waals surface area (Å²) in [4.78, 5) is 15.3. The van der Waals surface area contributed by atoms with Crippen molar-refractivity contribution >= 4 is 21.6 Å². The van der Waals surface area contributed by atoms with E-state index in [0.29, 0.717) is 6.42 Å². The maximum absolute atomic E-state index is 11.2. The number of nitrogens with zero attached hydrogens (tertiary/aromatic N) is 1. The lowest BCUT2D eigenvalue weighted by Crippen LogP contribution is -2.37. The number of nitrogens with one attached hydrogen (secondary N) is 1. The van der Waals surface area contributed by atoms with Crippen LogP contribution in [0, 0.1) is 0 Å². The summed E-state index contributed by atoms with van der Waals surface area (Å²) in [5, 5.41) is 1.76. The molecule has 1 heterocycles. The minimum absolute atomic E-state index is 0.210. The summed E-state index contributed by atoms with van der Waals surface area (Å²) in [5.74, 6) is 0.0577. The average Bonchev–Trinajstić information content (AvgIpc) is 2.43. The predicted molar refractivity (Wildman–Crippen MR) is 54.0 cm³/mol. The number of carbonyl (C=O) groups is 1. The molecular formula is C8H14N2O3S. The molecule has 0 aromatic heterocycles. The molecule has 1 rings (SSSR count). The Labute approximate surface area is 83.5 Å². The molecule has 1 aliphatic heterocycles. The van der Waals surface area contributed by atoms with Gasteiger partial charge < -0.3 is 5.32 Å². The SMILES string of the molecule is CCC1N=C(C(C)S(C)(=O)=O)NC1=O. The Balaban J connectivity index is 2.88. The first kappa shape index (κ1) is 11.2. The largest absolute Gasteiger partial charge is 0.312 e. The van der Waals surface area contributed by atoms with Crippen molar-refractivity contribution in [1.29, 1.82) is 0 Å². The average molecular weight is 218 g/mol. The molecule has 2 unspecified atom stereocenters. The van der Waals surface area contributed by atoms with Crippen molar-refractivity contribution in [3.63, 3.8) is 0 Å². The van der Waals surface area contributed by atoms with Crippen LogP contribution >= 0.6 is 0 Å². The maximum atomic E-state index is 11.2. The first-order valence-corrected chi connectivity index (χ1v) is 6.39. The lowest BCUT2D eigenvalue weighted by Gasteiger charge is -2.07. The van der Waals surface area contributed by atoms with Gasteiger partial charge in [0.25, 0.3) is 0 Å². The van der Waals surface area contributed by atoms with E-state index in [1.54, 1.807) is 0 Å². The summed E-state index contributed by atoms with van der Waals surface area (Å²) in [6, 6.07) is -0.422. The van der Waals surface area contributed by atoms with Gasteiger partial charge in [-0.15, -0.1) is 0 Å². The Morgan fingerprint density at radius 2 is 2.14 bits per heavy atom. The first-order chi connectivity index (χ1) is 6.36. The highest BCUT2D eigenvalue weighted by Gasteiger charge is 2.31. The zero-order valence-electron chi connectivity index (χ0n) is 8.44. The first-order valence-electron chi connectivity index (χ1n) is 4.43. The highest BCUT2D eigenvalue weighted by atomic mass is 32.2. The fourth-order valence-corrected chi connectivity index (χ4v) is 1.68. The van der Waals surface area contributed by atoms with Crippen LogP contribution in [0.2, 0.25) is 0 Å². The zero-order chi connectivity index (χ0) is 10.9. The van der Waals surface area contributed by atoms with Gasteiger partial charge in [0.1, 0.15) is 17.1 Å². The Hall–Kier alpha value is -0.910. The minimum Gasteiger partial charge on any atom is -0.312 e. The van der Waals surface area contributed by atoms with Crippen LogP contribution in [0.25, 0.3) is 0 Å². The molecule has 0 bridgehead atoms. The third-order valence-corrected chi connectivity index (χ3v) is 3.77. The topological polar surface area (TPSA) is 75.6 Å². The molecule has 0 aliphatic carbocycles. The number of hydrogen-bond acceptors (Lipinski definition) is 4. The highest BCUT2D eigenvalue weighted by molar-refractivity contribution is 7.92. The quantitative estimate of drug-likeness (QED) is 0.708. The van der Waals surface area contributed by atoms with E-state index < -0.39 is 21.1 Å². The van der Waals surface area contributed by atoms with Gasteiger partial charge in [0.05, 0.1) is 0 Å². The van der Waals surface area contributed by atoms with Crippen molar-refractivity contribution in [3.8, 4) is 0 Å². The maximum Gasteiger partial charge on any atom is 0.250 e. The molecule has 0 saturated heterocycles. The molecule has 0 aromatic rings. The second kappa shape index (κ2) is 3.68. The number of aliphatic imine (C=N–C) groups is 1. The third-order valence-electron chi connectivity index (χ3n) is 2.26. The van der Waals surface area contributed by atoms with Crippen LogP contribution < -0.4 is 5.32 Å². The van der Waals surface area contributed by atoms with E-state index in [1.807, 2.05) is 6.92 Å². The van der Waals surface area contributed by atoms with Crippen LogP contribution in [0.15, 0.2) is 4.99 Å². The van der Waals surface area contributed by atoms with Gasteiger partial charge in [-0.2, -0.15) is 0 Å². The van der Waals surface area contributed by atoms with Gasteiger partial charge in [0, 0.05) is 6.26 Å². The Bertz CT molecular complexity index is 372. The second-order valence-electron chi connectivity index (χ2n) is 3.40. The summed E-state index contributed by atoms with van der Waals surface area (Å²) >= 11 is 0. The Morgan fingerprint density at radius 3 is 2.50 bits per heavy atom. The Morgan fingerprint density at radius 1 is 1.57 bits per heavy atom. The third kappa shape index (κ3) is 2.12. The molecule has 1 aliphatic rings. The van der Waals surface area contributed by atoms with Crippen LogP contribution in [0.5, 0.6) is 0 Å². The van der Waals surface area contributed by atoms with Gasteiger partial charge in [-0.1, -0.05) is 6.92 Å². The van der Waals surface area contributed by atoms with Crippen LogP contribution in [-0.2, 0) is 14.6 Å². The molecule has 0 aromatic carbocycles. The summed E-state index contributed by atoms with van der Waals surface area (Å²) in [7, 11) is -3.19. The molecule has 0 radical (unpaired) electrons. The van der Waals surface area contributed by atoms with Crippen LogP contribution in [0.3, 0.4) is 0 Å². The van der Waals surface area contributed by atoms with Gasteiger partial charge in [-0.05, 0) is 13.3 Å². The monoisotopic (exact) mass is 218 g/mol. The normalized spacial score (nSPS) is 24.4. The van der Waals surface area contributed by atoms with Gasteiger partial charge in [-0.25, -0.2) is 8.42 Å². The number of amidine groups is 1. The molecule has 1 N–H and O–H groups in total. The highest BCUT2D eigenvalue weighted by Crippen LogP contribution is 2.10. The second-order valence-corrected chi connectivity index (χ2v) is 5.77. The van der Waals surface area contributed by atoms with Crippen molar-refractivity contribution in [3.05, 3.63) is 0 Å². The summed E-state index contributed by atoms with van der Waals surface area (Å²) in [6.45, 7) is 3.36. The molecular weight excluding hydrogens is 204 g/mol. The molecule has 80 valence electrons. The van der Waals surface area contributed by atoms with Gasteiger partial charge in [0.2, 0.25) is 5.91 Å². The Kier molecular flexibility index (Phi) is 2.94. The molecule has 2 atom stereocenters. The summed E-state index contributed by atoms with van der Waals surface area (Å²) in [6.07, 6.45) is 1.72. The number of rotatable bonds is 3. The molecule has 6 heteroatoms. The van der Waals surface area contributed by atoms with E-state index in [2.05, 4.69) is 10.3 Å². The zero-order valence-corrected chi connectivity index (χ0v) is 9.26. The summed E-state index contributed by atoms with van der Waals surface area (Å²) < 4.78 is 22.4. The minimum atomic E-state index is -3.19. The molecule has 1 amide bonds. The molecule has 14 heavy (non-hydrogen) atoms. The predicted octanol–water partition coefficient (Wildman–Crippen LogP) is -0.274. The van der Waals surface area contributed by atoms with Crippen LogP contribution in [0.4, 0.5) is 0 Å². The fourth-order valence-electron chi connectivity index (χ4n) is 1.15. The summed E-state index contributed by atoms with van der Waals surface area (Å²) in [5.41, 5.74) is 0. The number of hydrogen-bond donors (Lipinski definition) is 1. The molecule has 0 spiro atoms. The number of sulfone groups is 1. The fraction of sp³-hybridized carbons (Fsp3) is 0.750. The van der Waals surface area contributed by atoms with Crippen LogP contribution in [-0.4, -0.2) is 37.7 Å². The van der Waals surface area contributed by atoms with E-state index in [4.69, 9.17) is 0 Å². The van der Waals surface area contributed by atoms with E-state index in [0.717, 1.165) is 6.26 Å². The van der Waals surface area contributed by atoms with Crippen molar-refractivity contribution in [2.45, 2.75) is 31.6 Å². The number of carbonyl (C=O) groups excluding carboxylic acids is 1. The van der Waals surface area contributed by atoms with E-state index in [-0.39, 0.29) is 11.7 Å². The van der Waals surface area contributed by atoms with Crippen LogP contribution in [0.1, 0.15) is 20.3 Å². The standard InChI is InChI=1S/C8H14N2O3S/c1-4-6-8(11)10-7(9-6)5(2)14(3,12)13/h5-6H,4H2,1-3H3,(H,9,10,11). The van der Waals surface area contributed by atoms with Gasteiger partial charge in [-0.3, -0.25) is 9.79 Å². The van der Waals surface area contributed by atoms with E-state index in [9.17, 15) is 13.2 Å². The van der Waals surface area contributed by atoms with Crippen molar-refractivity contribution in [2.75, 3.05) is 6.26 Å². The molecule has 5 nitrogen and oxygen atoms in total. The lowest BCUT2D eigenvalue weighted by molar-refractivity contribution is -0.120. The van der Waals surface area contributed by atoms with Gasteiger partial charge >= 0.3 is 0 Å². The smallest absolute Gasteiger partial charge is 0.250 e. The molecule has 0 fully saturated rings. The lowest BCUT2D eigenvalue weighted by atomic mass is 10.2. The van der Waals surface area contributed by atoms with E-state index in [1.165, 1.54) is 6.92 Å². The van der Waals surface area contributed by atoms with Crippen molar-refractivity contribution in [1.82, 2.24) is 5.32 Å².